The fourth-order valence-electron chi connectivity index (χ4n) is 4.98. The van der Waals surface area contributed by atoms with Crippen LogP contribution in [-0.4, -0.2) is 33.3 Å². The summed E-state index contributed by atoms with van der Waals surface area (Å²) in [6.07, 6.45) is 3.12. The number of halogens is 1. The van der Waals surface area contributed by atoms with E-state index in [0.29, 0.717) is 0 Å². The SMILES string of the molecule is CC(C)N1CN(C2c3ccccc3CCc3ccccc32)n2cc(CF)c(=O)c(O)c2C1=O. The number of amides is 1. The molecule has 0 unspecified atom stereocenters. The zero-order chi connectivity index (χ0) is 23.3. The topological polar surface area (TPSA) is 65.8 Å². The third-order valence-electron chi connectivity index (χ3n) is 6.70. The smallest absolute Gasteiger partial charge is 0.278 e. The highest BCUT2D eigenvalue weighted by Crippen LogP contribution is 2.38. The Kier molecular flexibility index (Phi) is 5.19. The van der Waals surface area contributed by atoms with E-state index in [0.717, 1.165) is 24.0 Å². The van der Waals surface area contributed by atoms with Gasteiger partial charge in [0.05, 0.1) is 11.6 Å². The Hall–Kier alpha value is -3.61. The maximum absolute atomic E-state index is 13.7. The quantitative estimate of drug-likeness (QED) is 0.665. The molecule has 0 saturated heterocycles. The van der Waals surface area contributed by atoms with Crippen molar-refractivity contribution in [1.29, 1.82) is 0 Å². The predicted octanol–water partition coefficient (Wildman–Crippen LogP) is 3.67. The lowest BCUT2D eigenvalue weighted by Crippen LogP contribution is -2.57. The summed E-state index contributed by atoms with van der Waals surface area (Å²) in [6, 6.07) is 15.9. The first-order chi connectivity index (χ1) is 15.9. The number of carbonyl (C=O) groups is 1. The fraction of sp³-hybridized carbons (Fsp3) is 0.308. The molecule has 0 bridgehead atoms. The summed E-state index contributed by atoms with van der Waals surface area (Å²) in [5, 5.41) is 12.7. The molecular formula is C26H26FN3O3. The molecule has 0 fully saturated rings. The monoisotopic (exact) mass is 447 g/mol. The Morgan fingerprint density at radius 3 is 2.12 bits per heavy atom. The molecule has 0 spiro atoms. The molecule has 1 N–H and O–H groups in total. The highest BCUT2D eigenvalue weighted by Gasteiger charge is 2.39. The van der Waals surface area contributed by atoms with Crippen LogP contribution < -0.4 is 10.4 Å². The fourth-order valence-corrected chi connectivity index (χ4v) is 4.98. The van der Waals surface area contributed by atoms with Crippen molar-refractivity contribution in [1.82, 2.24) is 9.58 Å². The van der Waals surface area contributed by atoms with Gasteiger partial charge in [-0.2, -0.15) is 0 Å². The molecule has 1 aliphatic carbocycles. The summed E-state index contributed by atoms with van der Waals surface area (Å²) < 4.78 is 15.2. The van der Waals surface area contributed by atoms with Crippen molar-refractivity contribution >= 4 is 5.91 Å². The number of hydrogen-bond acceptors (Lipinski definition) is 4. The van der Waals surface area contributed by atoms with Gasteiger partial charge in [-0.05, 0) is 48.9 Å². The van der Waals surface area contributed by atoms with Crippen LogP contribution in [0.1, 0.15) is 58.2 Å². The Balaban J connectivity index is 1.82. The maximum Gasteiger partial charge on any atom is 0.278 e. The summed E-state index contributed by atoms with van der Waals surface area (Å²) in [4.78, 5) is 27.5. The van der Waals surface area contributed by atoms with Crippen molar-refractivity contribution in [2.45, 2.75) is 45.4 Å². The number of hydrogen-bond donors (Lipinski definition) is 1. The highest BCUT2D eigenvalue weighted by atomic mass is 19.1. The van der Waals surface area contributed by atoms with Gasteiger partial charge in [-0.25, -0.2) is 4.39 Å². The number of benzene rings is 2. The van der Waals surface area contributed by atoms with Gasteiger partial charge in [0.1, 0.15) is 13.3 Å². The zero-order valence-electron chi connectivity index (χ0n) is 18.7. The minimum absolute atomic E-state index is 0.128. The van der Waals surface area contributed by atoms with Crippen LogP contribution in [0.5, 0.6) is 5.75 Å². The van der Waals surface area contributed by atoms with Gasteiger partial charge in [0, 0.05) is 12.2 Å². The van der Waals surface area contributed by atoms with E-state index in [9.17, 15) is 19.1 Å². The first-order valence-corrected chi connectivity index (χ1v) is 11.2. The van der Waals surface area contributed by atoms with Crippen LogP contribution in [0.4, 0.5) is 4.39 Å². The van der Waals surface area contributed by atoms with Crippen molar-refractivity contribution < 1.29 is 14.3 Å². The van der Waals surface area contributed by atoms with Crippen molar-refractivity contribution in [3.63, 3.8) is 0 Å². The van der Waals surface area contributed by atoms with Gasteiger partial charge < -0.3 is 10.0 Å². The molecule has 7 heteroatoms. The minimum atomic E-state index is -1.03. The molecule has 2 aromatic carbocycles. The number of nitrogens with zero attached hydrogens (tertiary/aromatic N) is 3. The number of aromatic nitrogens is 1. The molecular weight excluding hydrogens is 421 g/mol. The van der Waals surface area contributed by atoms with Crippen molar-refractivity contribution in [3.8, 4) is 5.75 Å². The predicted molar refractivity (Wildman–Crippen MR) is 124 cm³/mol. The van der Waals surface area contributed by atoms with Gasteiger partial charge in [0.25, 0.3) is 5.91 Å². The summed E-state index contributed by atoms with van der Waals surface area (Å²) in [6.45, 7) is 2.99. The van der Waals surface area contributed by atoms with Crippen molar-refractivity contribution in [3.05, 3.63) is 98.5 Å². The molecule has 33 heavy (non-hydrogen) atoms. The Morgan fingerprint density at radius 1 is 1.00 bits per heavy atom. The average molecular weight is 448 g/mol. The van der Waals surface area contributed by atoms with E-state index >= 15 is 0 Å². The average Bonchev–Trinajstić information content (AvgIpc) is 2.98. The third kappa shape index (κ3) is 3.30. The number of carbonyl (C=O) groups excluding carboxylic acids is 1. The molecule has 3 aromatic rings. The highest BCUT2D eigenvalue weighted by molar-refractivity contribution is 5.96. The van der Waals surface area contributed by atoms with E-state index in [1.807, 2.05) is 43.1 Å². The summed E-state index contributed by atoms with van der Waals surface area (Å²) in [5.41, 5.74) is 3.43. The third-order valence-corrected chi connectivity index (χ3v) is 6.70. The number of alkyl halides is 1. The summed E-state index contributed by atoms with van der Waals surface area (Å²) in [7, 11) is 0. The van der Waals surface area contributed by atoms with E-state index < -0.39 is 23.8 Å². The number of rotatable bonds is 3. The zero-order valence-corrected chi connectivity index (χ0v) is 18.7. The normalized spacial score (nSPS) is 15.8. The van der Waals surface area contributed by atoms with Gasteiger partial charge in [-0.1, -0.05) is 48.5 Å². The van der Waals surface area contributed by atoms with Gasteiger partial charge in [0.15, 0.2) is 11.4 Å². The molecule has 5 rings (SSSR count). The number of aryl methyl sites for hydroxylation is 2. The van der Waals surface area contributed by atoms with Crippen LogP contribution in [0.2, 0.25) is 0 Å². The Morgan fingerprint density at radius 2 is 1.58 bits per heavy atom. The number of pyridine rings is 1. The minimum Gasteiger partial charge on any atom is -0.502 e. The maximum atomic E-state index is 13.7. The summed E-state index contributed by atoms with van der Waals surface area (Å²) in [5.74, 6) is -1.16. The largest absolute Gasteiger partial charge is 0.502 e. The van der Waals surface area contributed by atoms with E-state index in [2.05, 4.69) is 24.3 Å². The Bertz CT molecular complexity index is 1250. The van der Waals surface area contributed by atoms with Gasteiger partial charge >= 0.3 is 0 Å². The van der Waals surface area contributed by atoms with E-state index in [1.165, 1.54) is 22.0 Å². The van der Waals surface area contributed by atoms with Crippen molar-refractivity contribution in [2.75, 3.05) is 11.7 Å². The molecule has 1 aromatic heterocycles. The lowest BCUT2D eigenvalue weighted by Gasteiger charge is -2.45. The number of fused-ring (bicyclic) bond motifs is 3. The molecule has 2 aliphatic rings. The van der Waals surface area contributed by atoms with Crippen molar-refractivity contribution in [2.24, 2.45) is 0 Å². The standard InChI is InChI=1S/C26H26FN3O3/c1-16(2)28-15-30(29-14-19(13-27)24(31)25(32)23(29)26(28)33)22-20-9-5-3-7-17(20)11-12-18-8-4-6-10-21(18)22/h3-10,14,16,22,32H,11-13,15H2,1-2H3. The van der Waals surface area contributed by atoms with E-state index in [1.54, 1.807) is 4.90 Å². The summed E-state index contributed by atoms with van der Waals surface area (Å²) >= 11 is 0. The molecule has 2 heterocycles. The van der Waals surface area contributed by atoms with Gasteiger partial charge in [-0.3, -0.25) is 19.3 Å². The van der Waals surface area contributed by atoms with Crippen LogP contribution in [0.15, 0.2) is 59.5 Å². The second-order valence-corrected chi connectivity index (χ2v) is 8.91. The van der Waals surface area contributed by atoms with E-state index in [4.69, 9.17) is 0 Å². The Labute approximate surface area is 191 Å². The lowest BCUT2D eigenvalue weighted by atomic mass is 9.94. The second kappa shape index (κ2) is 8.06. The van der Waals surface area contributed by atoms with Crippen LogP contribution in [0.3, 0.4) is 0 Å². The number of aromatic hydroxyl groups is 1. The van der Waals surface area contributed by atoms with Crippen LogP contribution in [0, 0.1) is 0 Å². The molecule has 1 amide bonds. The van der Waals surface area contributed by atoms with Crippen LogP contribution >= 0.6 is 0 Å². The van der Waals surface area contributed by atoms with Crippen LogP contribution in [0.25, 0.3) is 0 Å². The van der Waals surface area contributed by atoms with Crippen LogP contribution in [-0.2, 0) is 19.5 Å². The molecule has 0 radical (unpaired) electrons. The molecule has 170 valence electrons. The molecule has 6 nitrogen and oxygen atoms in total. The van der Waals surface area contributed by atoms with E-state index in [-0.39, 0.29) is 30.0 Å². The lowest BCUT2D eigenvalue weighted by molar-refractivity contribution is 0.0621. The first-order valence-electron chi connectivity index (χ1n) is 11.2. The molecule has 0 atom stereocenters. The first kappa shape index (κ1) is 21.2. The molecule has 0 saturated carbocycles. The molecule has 1 aliphatic heterocycles. The second-order valence-electron chi connectivity index (χ2n) is 8.91. The van der Waals surface area contributed by atoms with Gasteiger partial charge in [-0.15, -0.1) is 0 Å². The van der Waals surface area contributed by atoms with Gasteiger partial charge in [0.2, 0.25) is 5.43 Å².